The average molecular weight is 531 g/mol. The Morgan fingerprint density at radius 2 is 1.34 bits per heavy atom. The van der Waals surface area contributed by atoms with Gasteiger partial charge in [-0.05, 0) is 78.9 Å². The fraction of sp³-hybridized carbons (Fsp3) is 0.105. The highest BCUT2D eigenvalue weighted by atomic mass is 16.3. The smallest absolute Gasteiger partial charge is 0.139 e. The predicted molar refractivity (Wildman–Crippen MR) is 169 cm³/mol. The second kappa shape index (κ2) is 10.2. The summed E-state index contributed by atoms with van der Waals surface area (Å²) in [4.78, 5) is 9.98. The Morgan fingerprint density at radius 1 is 0.610 bits per heavy atom. The van der Waals surface area contributed by atoms with Crippen molar-refractivity contribution in [2.24, 2.45) is 0 Å². The Labute approximate surface area is 240 Å². The molecule has 7 rings (SSSR count). The highest BCUT2D eigenvalue weighted by Gasteiger charge is 2.17. The first-order valence-electron chi connectivity index (χ1n) is 14.0. The van der Waals surface area contributed by atoms with E-state index >= 15 is 0 Å². The number of nitrogens with zero attached hydrogens (tertiary/aromatic N) is 2. The number of hydrogen-bond donors (Lipinski definition) is 0. The SMILES string of the molecule is Cc1cc(C)c(-c2ccnc(-c3ccc4oc5cc(-c6ccccc6)nc(Cc6ccccc6)c5c4c3)c2)c(C)c1. The summed E-state index contributed by atoms with van der Waals surface area (Å²) < 4.78 is 6.46. The Balaban J connectivity index is 1.39. The lowest BCUT2D eigenvalue weighted by Crippen LogP contribution is -1.96. The quantitative estimate of drug-likeness (QED) is 0.222. The van der Waals surface area contributed by atoms with E-state index in [0.717, 1.165) is 56.6 Å². The third-order valence-electron chi connectivity index (χ3n) is 7.83. The summed E-state index contributed by atoms with van der Waals surface area (Å²) in [5.41, 5.74) is 14.2. The van der Waals surface area contributed by atoms with Crippen molar-refractivity contribution >= 4 is 21.9 Å². The van der Waals surface area contributed by atoms with Crippen LogP contribution in [0.15, 0.2) is 120 Å². The molecule has 3 heteroatoms. The Hall–Kier alpha value is -5.02. The molecule has 0 aliphatic carbocycles. The van der Waals surface area contributed by atoms with Crippen LogP contribution in [-0.4, -0.2) is 9.97 Å². The normalized spacial score (nSPS) is 11.4. The van der Waals surface area contributed by atoms with E-state index in [2.05, 4.69) is 106 Å². The van der Waals surface area contributed by atoms with Crippen LogP contribution in [0.5, 0.6) is 0 Å². The van der Waals surface area contributed by atoms with E-state index in [0.29, 0.717) is 0 Å². The van der Waals surface area contributed by atoms with E-state index < -0.39 is 0 Å². The maximum atomic E-state index is 6.46. The van der Waals surface area contributed by atoms with Gasteiger partial charge in [-0.2, -0.15) is 0 Å². The summed E-state index contributed by atoms with van der Waals surface area (Å²) >= 11 is 0. The first-order chi connectivity index (χ1) is 20.0. The van der Waals surface area contributed by atoms with Crippen molar-refractivity contribution in [2.45, 2.75) is 27.2 Å². The van der Waals surface area contributed by atoms with Crippen LogP contribution in [0.2, 0.25) is 0 Å². The minimum absolute atomic E-state index is 0.719. The molecule has 0 saturated heterocycles. The minimum Gasteiger partial charge on any atom is -0.456 e. The molecule has 4 aromatic carbocycles. The number of hydrogen-bond acceptors (Lipinski definition) is 3. The van der Waals surface area contributed by atoms with E-state index in [1.807, 2.05) is 30.5 Å². The Morgan fingerprint density at radius 3 is 2.10 bits per heavy atom. The van der Waals surface area contributed by atoms with E-state index in [1.54, 1.807) is 0 Å². The van der Waals surface area contributed by atoms with Gasteiger partial charge in [0.05, 0.1) is 22.5 Å². The summed E-state index contributed by atoms with van der Waals surface area (Å²) in [6.07, 6.45) is 2.63. The maximum absolute atomic E-state index is 6.46. The second-order valence-electron chi connectivity index (χ2n) is 10.9. The summed E-state index contributed by atoms with van der Waals surface area (Å²) in [6.45, 7) is 6.52. The van der Waals surface area contributed by atoms with E-state index in [1.165, 1.54) is 33.4 Å². The standard InChI is InChI=1S/C38H30N2O/c1-24-18-25(2)37(26(3)19-24)30-16-17-39-32(22-30)29-14-15-35-31(21-29)38-34(20-27-10-6-4-7-11-27)40-33(23-36(38)41-35)28-12-8-5-9-13-28/h4-19,21-23H,20H2,1-3H3. The summed E-state index contributed by atoms with van der Waals surface area (Å²) in [5.74, 6) is 0. The van der Waals surface area contributed by atoms with Gasteiger partial charge in [0.1, 0.15) is 11.2 Å². The molecule has 0 atom stereocenters. The van der Waals surface area contributed by atoms with Crippen LogP contribution in [0, 0.1) is 20.8 Å². The molecule has 0 aliphatic rings. The third kappa shape index (κ3) is 4.70. The Kier molecular flexibility index (Phi) is 6.20. The van der Waals surface area contributed by atoms with Crippen LogP contribution in [0.25, 0.3) is 55.6 Å². The van der Waals surface area contributed by atoms with Gasteiger partial charge in [-0.3, -0.25) is 9.97 Å². The number of aromatic nitrogens is 2. The number of benzene rings is 4. The predicted octanol–water partition coefficient (Wildman–Crippen LogP) is 9.89. The van der Waals surface area contributed by atoms with Crippen molar-refractivity contribution in [1.29, 1.82) is 0 Å². The van der Waals surface area contributed by atoms with Crippen LogP contribution < -0.4 is 0 Å². The number of pyridine rings is 2. The molecule has 0 amide bonds. The zero-order valence-electron chi connectivity index (χ0n) is 23.5. The Bertz CT molecular complexity index is 2020. The maximum Gasteiger partial charge on any atom is 0.139 e. The molecule has 0 radical (unpaired) electrons. The van der Waals surface area contributed by atoms with E-state index in [-0.39, 0.29) is 0 Å². The van der Waals surface area contributed by atoms with Crippen molar-refractivity contribution in [1.82, 2.24) is 9.97 Å². The molecule has 0 spiro atoms. The molecule has 0 unspecified atom stereocenters. The molecular formula is C38H30N2O. The van der Waals surface area contributed by atoms with E-state index in [9.17, 15) is 0 Å². The molecule has 3 aromatic heterocycles. The lowest BCUT2D eigenvalue weighted by atomic mass is 9.93. The fourth-order valence-corrected chi connectivity index (χ4v) is 6.09. The second-order valence-corrected chi connectivity index (χ2v) is 10.9. The van der Waals surface area contributed by atoms with Gasteiger partial charge in [0.2, 0.25) is 0 Å². The van der Waals surface area contributed by atoms with Gasteiger partial charge >= 0.3 is 0 Å². The van der Waals surface area contributed by atoms with Crippen molar-refractivity contribution < 1.29 is 4.42 Å². The van der Waals surface area contributed by atoms with Crippen molar-refractivity contribution in [3.8, 4) is 33.6 Å². The van der Waals surface area contributed by atoms with Crippen LogP contribution in [0.3, 0.4) is 0 Å². The topological polar surface area (TPSA) is 38.9 Å². The van der Waals surface area contributed by atoms with Gasteiger partial charge in [0, 0.05) is 35.2 Å². The molecule has 0 aliphatic heterocycles. The zero-order chi connectivity index (χ0) is 27.9. The lowest BCUT2D eigenvalue weighted by Gasteiger charge is -2.13. The van der Waals surface area contributed by atoms with Gasteiger partial charge in [-0.1, -0.05) is 78.4 Å². The number of furan rings is 1. The summed E-state index contributed by atoms with van der Waals surface area (Å²) in [5, 5.41) is 2.12. The molecule has 0 bridgehead atoms. The molecule has 41 heavy (non-hydrogen) atoms. The largest absolute Gasteiger partial charge is 0.456 e. The molecule has 7 aromatic rings. The number of rotatable bonds is 5. The highest BCUT2D eigenvalue weighted by molar-refractivity contribution is 6.08. The minimum atomic E-state index is 0.719. The summed E-state index contributed by atoms with van der Waals surface area (Å²) in [7, 11) is 0. The molecule has 0 saturated carbocycles. The zero-order valence-corrected chi connectivity index (χ0v) is 23.5. The van der Waals surface area contributed by atoms with Crippen molar-refractivity contribution in [2.75, 3.05) is 0 Å². The van der Waals surface area contributed by atoms with Crippen LogP contribution in [0.1, 0.15) is 27.9 Å². The van der Waals surface area contributed by atoms with Gasteiger partial charge in [-0.15, -0.1) is 0 Å². The third-order valence-corrected chi connectivity index (χ3v) is 7.83. The number of aryl methyl sites for hydroxylation is 3. The van der Waals surface area contributed by atoms with Crippen LogP contribution >= 0.6 is 0 Å². The molecule has 3 nitrogen and oxygen atoms in total. The molecule has 3 heterocycles. The molecular weight excluding hydrogens is 500 g/mol. The van der Waals surface area contributed by atoms with Crippen molar-refractivity contribution in [3.63, 3.8) is 0 Å². The first-order valence-corrected chi connectivity index (χ1v) is 14.0. The molecule has 198 valence electrons. The monoisotopic (exact) mass is 530 g/mol. The van der Waals surface area contributed by atoms with Gasteiger partial charge in [0.25, 0.3) is 0 Å². The van der Waals surface area contributed by atoms with Gasteiger partial charge in [-0.25, -0.2) is 0 Å². The first kappa shape index (κ1) is 25.0. The average Bonchev–Trinajstić information content (AvgIpc) is 3.36. The van der Waals surface area contributed by atoms with E-state index in [4.69, 9.17) is 14.4 Å². The van der Waals surface area contributed by atoms with Crippen LogP contribution in [-0.2, 0) is 6.42 Å². The van der Waals surface area contributed by atoms with Crippen LogP contribution in [0.4, 0.5) is 0 Å². The number of fused-ring (bicyclic) bond motifs is 3. The highest BCUT2D eigenvalue weighted by Crippen LogP contribution is 2.37. The van der Waals surface area contributed by atoms with Gasteiger partial charge in [0.15, 0.2) is 0 Å². The molecule has 0 fully saturated rings. The van der Waals surface area contributed by atoms with Gasteiger partial charge < -0.3 is 4.42 Å². The summed E-state index contributed by atoms with van der Waals surface area (Å²) in [6, 6.07) is 38.1. The fourth-order valence-electron chi connectivity index (χ4n) is 6.09. The van der Waals surface area contributed by atoms with Crippen molar-refractivity contribution in [3.05, 3.63) is 143 Å². The lowest BCUT2D eigenvalue weighted by molar-refractivity contribution is 0.668. The molecule has 0 N–H and O–H groups in total.